The van der Waals surface area contributed by atoms with E-state index in [1.807, 2.05) is 0 Å². The predicted molar refractivity (Wildman–Crippen MR) is 106 cm³/mol. The molecular weight excluding hydrogens is 378 g/mol. The first-order chi connectivity index (χ1) is 13.6. The van der Waals surface area contributed by atoms with Crippen molar-refractivity contribution in [2.24, 2.45) is 5.92 Å². The van der Waals surface area contributed by atoms with Gasteiger partial charge < -0.3 is 14.9 Å². The number of hydrogen-bond donors (Lipinski definition) is 3. The molecule has 3 atom stereocenters. The third-order valence-corrected chi connectivity index (χ3v) is 5.83. The maximum Gasteiger partial charge on any atom is 0.261 e. The molecule has 1 aliphatic carbocycles. The average molecular weight is 397 g/mol. The number of aromatic amines is 1. The third kappa shape index (κ3) is 3.32. The van der Waals surface area contributed by atoms with E-state index in [0.29, 0.717) is 22.4 Å². The highest BCUT2D eigenvalue weighted by Crippen LogP contribution is 2.36. The number of anilines is 2. The van der Waals surface area contributed by atoms with E-state index < -0.39 is 11.1 Å². The maximum absolute atomic E-state index is 12.5. The lowest BCUT2D eigenvalue weighted by molar-refractivity contribution is 0.277. The second-order valence-corrected chi connectivity index (χ2v) is 7.82. The van der Waals surface area contributed by atoms with Gasteiger partial charge in [0, 0.05) is 11.9 Å². The van der Waals surface area contributed by atoms with E-state index in [1.54, 1.807) is 29.1 Å². The largest absolute Gasteiger partial charge is 0.338 e. The summed E-state index contributed by atoms with van der Waals surface area (Å²) < 4.78 is 22.1. The molecule has 0 bridgehead atoms. The van der Waals surface area contributed by atoms with Gasteiger partial charge >= 0.3 is 0 Å². The minimum absolute atomic E-state index is 0.0715. The Morgan fingerprint density at radius 3 is 2.71 bits per heavy atom. The zero-order chi connectivity index (χ0) is 19.7. The first kappa shape index (κ1) is 18.4. The van der Waals surface area contributed by atoms with E-state index in [0.717, 1.165) is 25.7 Å². The lowest BCUT2D eigenvalue weighted by Gasteiger charge is -2.27. The normalized spacial score (nSPS) is 20.6. The van der Waals surface area contributed by atoms with Crippen molar-refractivity contribution in [2.75, 3.05) is 5.32 Å². The Bertz CT molecular complexity index is 1130. The van der Waals surface area contributed by atoms with Gasteiger partial charge in [0.05, 0.1) is 28.4 Å². The Hall–Kier alpha value is -2.96. The number of rotatable bonds is 4. The Kier molecular flexibility index (Phi) is 4.98. The second-order valence-electron chi connectivity index (χ2n) is 6.85. The number of pyridine rings is 1. The molecule has 8 nitrogen and oxygen atoms in total. The lowest BCUT2D eigenvalue weighted by atomic mass is 9.85. The number of nitriles is 1. The molecule has 144 valence electrons. The van der Waals surface area contributed by atoms with Gasteiger partial charge in [0.2, 0.25) is 0 Å². The van der Waals surface area contributed by atoms with Gasteiger partial charge in [-0.1, -0.05) is 12.8 Å². The van der Waals surface area contributed by atoms with Crippen LogP contribution in [0.2, 0.25) is 0 Å². The summed E-state index contributed by atoms with van der Waals surface area (Å²) in [4.78, 5) is 15.5. The number of nitrogens with one attached hydrogen (secondary N) is 2. The molecule has 9 heteroatoms. The minimum atomic E-state index is -2.05. The van der Waals surface area contributed by atoms with Crippen LogP contribution in [0.4, 0.5) is 11.5 Å². The summed E-state index contributed by atoms with van der Waals surface area (Å²) in [6.07, 6.45) is 5.31. The van der Waals surface area contributed by atoms with Crippen LogP contribution in [-0.2, 0) is 11.1 Å². The standard InChI is InChI=1S/C19H19N5O3S/c20-11-12-3-1-2-4-15(12)24-16-9-10-21-19(25)17(16)18(23-24)22-13-5-7-14(8-6-13)28(26)27/h5-10,12,15H,1-4H2,(H,21,25)(H,22,23)(H,26,27)/t12-,15+/m0/s1. The molecule has 0 saturated heterocycles. The monoisotopic (exact) mass is 397 g/mol. The van der Waals surface area contributed by atoms with Crippen molar-refractivity contribution in [1.82, 2.24) is 14.8 Å². The third-order valence-electron chi connectivity index (χ3n) is 5.16. The van der Waals surface area contributed by atoms with Gasteiger partial charge in [-0.15, -0.1) is 0 Å². The SMILES string of the molecule is N#C[C@@H]1CCCC[C@H]1n1nc(Nc2ccc(S(=O)O)cc2)c2c(=O)[nH]ccc21. The summed E-state index contributed by atoms with van der Waals surface area (Å²) in [6, 6.07) is 10.5. The Balaban J connectivity index is 1.77. The molecule has 1 aromatic carbocycles. The molecule has 3 N–H and O–H groups in total. The molecule has 0 radical (unpaired) electrons. The molecule has 0 aliphatic heterocycles. The number of H-pyrrole nitrogens is 1. The molecular formula is C19H19N5O3S. The van der Waals surface area contributed by atoms with Gasteiger partial charge in [-0.25, -0.2) is 4.21 Å². The van der Waals surface area contributed by atoms with Crippen molar-refractivity contribution in [3.05, 3.63) is 46.9 Å². The quantitative estimate of drug-likeness (QED) is 0.580. The van der Waals surface area contributed by atoms with Crippen LogP contribution in [0.5, 0.6) is 0 Å². The summed E-state index contributed by atoms with van der Waals surface area (Å²) in [5, 5.41) is 17.8. The molecule has 2 heterocycles. The molecule has 0 spiro atoms. The first-order valence-electron chi connectivity index (χ1n) is 9.06. The van der Waals surface area contributed by atoms with Crippen LogP contribution in [0.15, 0.2) is 46.2 Å². The molecule has 0 amide bonds. The van der Waals surface area contributed by atoms with Crippen molar-refractivity contribution in [3.8, 4) is 6.07 Å². The minimum Gasteiger partial charge on any atom is -0.338 e. The van der Waals surface area contributed by atoms with Crippen LogP contribution < -0.4 is 10.9 Å². The highest BCUT2D eigenvalue weighted by molar-refractivity contribution is 7.79. The summed E-state index contributed by atoms with van der Waals surface area (Å²) in [5.74, 6) is 0.264. The van der Waals surface area contributed by atoms with Crippen molar-refractivity contribution in [3.63, 3.8) is 0 Å². The topological polar surface area (TPSA) is 124 Å². The number of hydrogen-bond acceptors (Lipinski definition) is 5. The van der Waals surface area contributed by atoms with Gasteiger partial charge in [0.25, 0.3) is 5.56 Å². The fourth-order valence-corrected chi connectivity index (χ4v) is 4.15. The number of aromatic nitrogens is 3. The smallest absolute Gasteiger partial charge is 0.261 e. The highest BCUT2D eigenvalue weighted by Gasteiger charge is 2.29. The Labute approximate surface area is 163 Å². The van der Waals surface area contributed by atoms with E-state index in [1.165, 1.54) is 12.1 Å². The van der Waals surface area contributed by atoms with Crippen molar-refractivity contribution >= 4 is 33.5 Å². The molecule has 3 aromatic rings. The maximum atomic E-state index is 12.5. The molecule has 1 fully saturated rings. The summed E-state index contributed by atoms with van der Waals surface area (Å²) in [5.41, 5.74) is 1.07. The van der Waals surface area contributed by atoms with Gasteiger partial charge in [0.15, 0.2) is 16.9 Å². The fourth-order valence-electron chi connectivity index (χ4n) is 3.79. The molecule has 28 heavy (non-hydrogen) atoms. The zero-order valence-electron chi connectivity index (χ0n) is 15.0. The molecule has 1 unspecified atom stereocenters. The van der Waals surface area contributed by atoms with Crippen molar-refractivity contribution in [1.29, 1.82) is 5.26 Å². The van der Waals surface area contributed by atoms with Gasteiger partial charge in [-0.05, 0) is 43.2 Å². The van der Waals surface area contributed by atoms with E-state index in [2.05, 4.69) is 21.5 Å². The van der Waals surface area contributed by atoms with E-state index in [9.17, 15) is 14.3 Å². The average Bonchev–Trinajstić information content (AvgIpc) is 3.08. The second kappa shape index (κ2) is 7.58. The van der Waals surface area contributed by atoms with Crippen LogP contribution in [0, 0.1) is 17.2 Å². The first-order valence-corrected chi connectivity index (χ1v) is 10.2. The summed E-state index contributed by atoms with van der Waals surface area (Å²) >= 11 is -2.05. The fraction of sp³-hybridized carbons (Fsp3) is 0.316. The van der Waals surface area contributed by atoms with Crippen molar-refractivity contribution in [2.45, 2.75) is 36.6 Å². The van der Waals surface area contributed by atoms with Crippen LogP contribution in [0.25, 0.3) is 10.9 Å². The van der Waals surface area contributed by atoms with E-state index in [4.69, 9.17) is 4.55 Å². The summed E-state index contributed by atoms with van der Waals surface area (Å²) in [6.45, 7) is 0. The number of fused-ring (bicyclic) bond motifs is 1. The molecule has 1 saturated carbocycles. The predicted octanol–water partition coefficient (Wildman–Crippen LogP) is 3.30. The number of nitrogens with zero attached hydrogens (tertiary/aromatic N) is 3. The van der Waals surface area contributed by atoms with Gasteiger partial charge in [0.1, 0.15) is 5.39 Å². The van der Waals surface area contributed by atoms with E-state index in [-0.39, 0.29) is 22.4 Å². The summed E-state index contributed by atoms with van der Waals surface area (Å²) in [7, 11) is 0. The van der Waals surface area contributed by atoms with Crippen LogP contribution in [0.1, 0.15) is 31.7 Å². The Morgan fingerprint density at radius 1 is 1.25 bits per heavy atom. The van der Waals surface area contributed by atoms with Crippen LogP contribution in [-0.4, -0.2) is 23.5 Å². The molecule has 1 aliphatic rings. The molecule has 2 aromatic heterocycles. The number of benzene rings is 1. The molecule has 4 rings (SSSR count). The van der Waals surface area contributed by atoms with Crippen LogP contribution >= 0.6 is 0 Å². The van der Waals surface area contributed by atoms with Crippen molar-refractivity contribution < 1.29 is 8.76 Å². The Morgan fingerprint density at radius 2 is 2.00 bits per heavy atom. The highest BCUT2D eigenvalue weighted by atomic mass is 32.2. The zero-order valence-corrected chi connectivity index (χ0v) is 15.8. The lowest BCUT2D eigenvalue weighted by Crippen LogP contribution is -2.23. The van der Waals surface area contributed by atoms with Crippen LogP contribution in [0.3, 0.4) is 0 Å². The van der Waals surface area contributed by atoms with E-state index >= 15 is 0 Å². The van der Waals surface area contributed by atoms with Gasteiger partial charge in [-0.3, -0.25) is 9.48 Å². The van der Waals surface area contributed by atoms with Gasteiger partial charge in [-0.2, -0.15) is 10.4 Å².